The quantitative estimate of drug-likeness (QED) is 0.242. The summed E-state index contributed by atoms with van der Waals surface area (Å²) in [6, 6.07) is 0. The van der Waals surface area contributed by atoms with Gasteiger partial charge in [-0.15, -0.1) is 0 Å². The van der Waals surface area contributed by atoms with Gasteiger partial charge in [-0.3, -0.25) is 4.79 Å². The third-order valence-corrected chi connectivity index (χ3v) is 6.40. The van der Waals surface area contributed by atoms with E-state index in [1.807, 2.05) is 0 Å². The van der Waals surface area contributed by atoms with Crippen LogP contribution in [0.3, 0.4) is 0 Å². The van der Waals surface area contributed by atoms with E-state index in [1.54, 1.807) is 0 Å². The van der Waals surface area contributed by atoms with Gasteiger partial charge in [-0.1, -0.05) is 0 Å². The molecule has 0 aromatic carbocycles. The molecule has 4 bridgehead atoms. The molecule has 4 fully saturated rings. The maximum absolute atomic E-state index is 12.3. The number of rotatable bonds is 8. The summed E-state index contributed by atoms with van der Waals surface area (Å²) in [6.45, 7) is -0.746. The van der Waals surface area contributed by atoms with E-state index in [0.29, 0.717) is 6.42 Å². The first-order valence-electron chi connectivity index (χ1n) is 9.47. The number of amides is 1. The van der Waals surface area contributed by atoms with Crippen molar-refractivity contribution in [1.82, 2.24) is 5.43 Å². The van der Waals surface area contributed by atoms with Crippen molar-refractivity contribution in [2.45, 2.75) is 69.4 Å². The third kappa shape index (κ3) is 4.26. The van der Waals surface area contributed by atoms with Gasteiger partial charge < -0.3 is 25.5 Å². The summed E-state index contributed by atoms with van der Waals surface area (Å²) in [5, 5.41) is 50.6. The molecule has 0 aromatic heterocycles. The van der Waals surface area contributed by atoms with E-state index in [4.69, 9.17) is 5.11 Å². The van der Waals surface area contributed by atoms with Crippen LogP contribution in [-0.4, -0.2) is 68.7 Å². The Bertz CT molecular complexity index is 504. The Labute approximate surface area is 152 Å². The summed E-state index contributed by atoms with van der Waals surface area (Å²) in [6.07, 6.45) is 2.03. The van der Waals surface area contributed by atoms with E-state index in [1.165, 1.54) is 19.3 Å². The lowest BCUT2D eigenvalue weighted by atomic mass is 9.49. The topological polar surface area (TPSA) is 143 Å². The average Bonchev–Trinajstić information content (AvgIpc) is 2.57. The normalized spacial score (nSPS) is 37.5. The lowest BCUT2D eigenvalue weighted by Crippen LogP contribution is -2.48. The van der Waals surface area contributed by atoms with E-state index >= 15 is 0 Å². The zero-order chi connectivity index (χ0) is 18.9. The van der Waals surface area contributed by atoms with Crippen molar-refractivity contribution in [3.8, 4) is 0 Å². The van der Waals surface area contributed by atoms with Crippen LogP contribution in [0.1, 0.15) is 44.9 Å². The van der Waals surface area contributed by atoms with E-state index in [2.05, 4.69) is 10.5 Å². The van der Waals surface area contributed by atoms with E-state index in [-0.39, 0.29) is 11.3 Å². The molecule has 4 aliphatic rings. The fraction of sp³-hybridized carbons (Fsp3) is 0.889. The Balaban J connectivity index is 1.47. The number of aliphatic hydroxyl groups excluding tert-OH is 5. The van der Waals surface area contributed by atoms with Gasteiger partial charge in [0.05, 0.1) is 12.8 Å². The van der Waals surface area contributed by atoms with Crippen LogP contribution in [0.4, 0.5) is 0 Å². The first kappa shape index (κ1) is 19.7. The monoisotopic (exact) mass is 370 g/mol. The molecule has 0 saturated heterocycles. The van der Waals surface area contributed by atoms with Gasteiger partial charge in [0.1, 0.15) is 24.4 Å². The fourth-order valence-electron chi connectivity index (χ4n) is 5.70. The van der Waals surface area contributed by atoms with Crippen molar-refractivity contribution in [3.63, 3.8) is 0 Å². The molecular formula is C18H30N2O6. The Morgan fingerprint density at radius 3 is 2.08 bits per heavy atom. The van der Waals surface area contributed by atoms with Gasteiger partial charge in [0.25, 0.3) is 0 Å². The van der Waals surface area contributed by atoms with Gasteiger partial charge in [-0.2, -0.15) is 5.10 Å². The van der Waals surface area contributed by atoms with Gasteiger partial charge in [-0.05, 0) is 61.7 Å². The standard InChI is InChI=1S/C18H30N2O6/c21-9-14(23)17(26)16(25)13(22)8-19-20-15(24)7-18-4-10-1-11(5-18)3-12(2-10)6-18/h8,10-14,16-17,21-23,25-26H,1-7,9H2,(H,20,24)/b19-8-/t10?,11?,12?,13-,14+,16+,17+,18?/m1/s1. The molecule has 148 valence electrons. The Morgan fingerprint density at radius 1 is 1.04 bits per heavy atom. The summed E-state index contributed by atoms with van der Waals surface area (Å²) in [7, 11) is 0. The maximum Gasteiger partial charge on any atom is 0.240 e. The highest BCUT2D eigenvalue weighted by atomic mass is 16.4. The molecule has 8 heteroatoms. The number of aliphatic hydroxyl groups is 5. The van der Waals surface area contributed by atoms with Crippen LogP contribution in [-0.2, 0) is 4.79 Å². The van der Waals surface area contributed by atoms with Crippen molar-refractivity contribution in [3.05, 3.63) is 0 Å². The molecule has 0 radical (unpaired) electrons. The molecule has 0 heterocycles. The number of hydrogen-bond donors (Lipinski definition) is 6. The van der Waals surface area contributed by atoms with Gasteiger partial charge in [0.2, 0.25) is 5.91 Å². The predicted octanol–water partition coefficient (Wildman–Crippen LogP) is -0.869. The highest BCUT2D eigenvalue weighted by molar-refractivity contribution is 5.78. The lowest BCUT2D eigenvalue weighted by Gasteiger charge is -2.56. The molecular weight excluding hydrogens is 340 g/mol. The Hall–Kier alpha value is -1.06. The highest BCUT2D eigenvalue weighted by Gasteiger charge is 2.51. The largest absolute Gasteiger partial charge is 0.394 e. The van der Waals surface area contributed by atoms with Crippen LogP contribution in [0.15, 0.2) is 5.10 Å². The molecule has 1 amide bonds. The van der Waals surface area contributed by atoms with Gasteiger partial charge in [0.15, 0.2) is 0 Å². The molecule has 6 N–H and O–H groups in total. The molecule has 0 spiro atoms. The van der Waals surface area contributed by atoms with Crippen molar-refractivity contribution in [2.24, 2.45) is 28.3 Å². The second kappa shape index (κ2) is 7.90. The molecule has 4 aliphatic carbocycles. The third-order valence-electron chi connectivity index (χ3n) is 6.40. The van der Waals surface area contributed by atoms with Crippen LogP contribution >= 0.6 is 0 Å². The highest BCUT2D eigenvalue weighted by Crippen LogP contribution is 2.61. The smallest absolute Gasteiger partial charge is 0.240 e. The Kier molecular flexibility index (Phi) is 5.98. The SMILES string of the molecule is O=C(CC12CC3CC(CC(C3)C1)C2)N/N=C\[C@@H](O)[C@H](O)[C@@H](O)[C@@H](O)CO. The van der Waals surface area contributed by atoms with Crippen LogP contribution in [0.5, 0.6) is 0 Å². The molecule has 4 saturated carbocycles. The minimum Gasteiger partial charge on any atom is -0.394 e. The van der Waals surface area contributed by atoms with E-state index < -0.39 is 31.0 Å². The Morgan fingerprint density at radius 2 is 1.58 bits per heavy atom. The van der Waals surface area contributed by atoms with E-state index in [0.717, 1.165) is 43.2 Å². The summed E-state index contributed by atoms with van der Waals surface area (Å²) in [5.74, 6) is 2.07. The predicted molar refractivity (Wildman–Crippen MR) is 93.0 cm³/mol. The molecule has 8 nitrogen and oxygen atoms in total. The molecule has 26 heavy (non-hydrogen) atoms. The lowest BCUT2D eigenvalue weighted by molar-refractivity contribution is -0.129. The maximum atomic E-state index is 12.3. The second-order valence-electron chi connectivity index (χ2n) is 8.63. The number of hydrazone groups is 1. The summed E-state index contributed by atoms with van der Waals surface area (Å²) >= 11 is 0. The van der Waals surface area contributed by atoms with Crippen molar-refractivity contribution >= 4 is 12.1 Å². The van der Waals surface area contributed by atoms with Crippen LogP contribution in [0.25, 0.3) is 0 Å². The molecule has 4 rings (SSSR count). The second-order valence-corrected chi connectivity index (χ2v) is 8.63. The van der Waals surface area contributed by atoms with E-state index in [9.17, 15) is 25.2 Å². The summed E-state index contributed by atoms with van der Waals surface area (Å²) < 4.78 is 0. The molecule has 0 aromatic rings. The first-order chi connectivity index (χ1) is 12.3. The first-order valence-corrected chi connectivity index (χ1v) is 9.47. The van der Waals surface area contributed by atoms with Crippen molar-refractivity contribution in [1.29, 1.82) is 0 Å². The molecule has 0 aliphatic heterocycles. The average molecular weight is 370 g/mol. The fourth-order valence-corrected chi connectivity index (χ4v) is 5.70. The van der Waals surface area contributed by atoms with Crippen LogP contribution < -0.4 is 5.43 Å². The number of carbonyl (C=O) groups is 1. The van der Waals surface area contributed by atoms with Gasteiger partial charge >= 0.3 is 0 Å². The summed E-state index contributed by atoms with van der Waals surface area (Å²) in [5.41, 5.74) is 2.48. The number of hydrogen-bond acceptors (Lipinski definition) is 7. The number of nitrogens with one attached hydrogen (secondary N) is 1. The number of nitrogens with zero attached hydrogens (tertiary/aromatic N) is 1. The zero-order valence-corrected chi connectivity index (χ0v) is 14.9. The minimum absolute atomic E-state index is 0.0912. The van der Waals surface area contributed by atoms with Gasteiger partial charge in [-0.25, -0.2) is 5.43 Å². The van der Waals surface area contributed by atoms with Crippen molar-refractivity contribution in [2.75, 3.05) is 6.61 Å². The zero-order valence-electron chi connectivity index (χ0n) is 14.9. The molecule has 4 atom stereocenters. The molecule has 0 unspecified atom stereocenters. The van der Waals surface area contributed by atoms with Crippen molar-refractivity contribution < 1.29 is 30.3 Å². The number of carbonyl (C=O) groups excluding carboxylic acids is 1. The van der Waals surface area contributed by atoms with Crippen LogP contribution in [0.2, 0.25) is 0 Å². The summed E-state index contributed by atoms with van der Waals surface area (Å²) in [4.78, 5) is 12.3. The van der Waals surface area contributed by atoms with Crippen LogP contribution in [0, 0.1) is 23.2 Å². The minimum atomic E-state index is -1.72. The van der Waals surface area contributed by atoms with Gasteiger partial charge in [0, 0.05) is 6.42 Å².